The molecule has 0 bridgehead atoms. The number of carbonyl (C=O) groups excluding carboxylic acids is 2. The number of benzene rings is 3. The maximum Gasteiger partial charge on any atom is 0.272 e. The number of carbonyl (C=O) groups is 2. The van der Waals surface area contributed by atoms with E-state index >= 15 is 0 Å². The van der Waals surface area contributed by atoms with Crippen LogP contribution in [0.15, 0.2) is 76.5 Å². The van der Waals surface area contributed by atoms with Crippen molar-refractivity contribution >= 4 is 46.4 Å². The number of thioether (sulfide) groups is 1. The Bertz CT molecular complexity index is 1210. The van der Waals surface area contributed by atoms with Gasteiger partial charge in [-0.1, -0.05) is 59.8 Å². The van der Waals surface area contributed by atoms with E-state index in [1.165, 1.54) is 23.9 Å². The first-order valence-corrected chi connectivity index (χ1v) is 10.4. The fourth-order valence-corrected chi connectivity index (χ4v) is 4.41. The summed E-state index contributed by atoms with van der Waals surface area (Å²) in [6.45, 7) is 3.95. The Kier molecular flexibility index (Phi) is 5.50. The van der Waals surface area contributed by atoms with Gasteiger partial charge in [-0.15, -0.1) is 0 Å². The standard InChI is InChI=1S/C24H17ClFNO2S/c1-14-8-9-16(12-15(14)2)21-22(30-18-6-4-3-5-7-18)24(29)27(23(21)28)17-10-11-20(26)19(25)13-17/h3-13H,1-2H3. The molecule has 0 N–H and O–H groups in total. The molecule has 0 aliphatic carbocycles. The van der Waals surface area contributed by atoms with Gasteiger partial charge in [-0.3, -0.25) is 9.59 Å². The van der Waals surface area contributed by atoms with Crippen LogP contribution in [0.1, 0.15) is 16.7 Å². The number of rotatable bonds is 4. The number of nitrogens with zero attached hydrogens (tertiary/aromatic N) is 1. The van der Waals surface area contributed by atoms with Gasteiger partial charge in [0, 0.05) is 4.90 Å². The second-order valence-electron chi connectivity index (χ2n) is 6.96. The summed E-state index contributed by atoms with van der Waals surface area (Å²) in [5, 5.41) is -0.148. The molecule has 3 nitrogen and oxygen atoms in total. The lowest BCUT2D eigenvalue weighted by molar-refractivity contribution is -0.119. The SMILES string of the molecule is Cc1ccc(C2=C(Sc3ccccc3)C(=O)N(c3ccc(F)c(Cl)c3)C2=O)cc1C. The summed E-state index contributed by atoms with van der Waals surface area (Å²) in [4.78, 5) is 29.0. The van der Waals surface area contributed by atoms with Gasteiger partial charge < -0.3 is 0 Å². The molecule has 1 heterocycles. The summed E-state index contributed by atoms with van der Waals surface area (Å²) in [6, 6.07) is 18.9. The molecule has 2 amide bonds. The molecule has 0 atom stereocenters. The van der Waals surface area contributed by atoms with Crippen LogP contribution in [0.3, 0.4) is 0 Å². The van der Waals surface area contributed by atoms with E-state index in [2.05, 4.69) is 0 Å². The van der Waals surface area contributed by atoms with E-state index in [9.17, 15) is 14.0 Å². The van der Waals surface area contributed by atoms with Gasteiger partial charge in [0.05, 0.1) is 21.2 Å². The van der Waals surface area contributed by atoms with Crippen LogP contribution in [0.4, 0.5) is 10.1 Å². The summed E-state index contributed by atoms with van der Waals surface area (Å²) >= 11 is 7.14. The number of hydrogen-bond donors (Lipinski definition) is 0. The van der Waals surface area contributed by atoms with Gasteiger partial charge in [0.25, 0.3) is 11.8 Å². The lowest BCUT2D eigenvalue weighted by atomic mass is 10.0. The van der Waals surface area contributed by atoms with E-state index in [1.54, 1.807) is 0 Å². The van der Waals surface area contributed by atoms with E-state index in [0.717, 1.165) is 27.0 Å². The molecule has 0 spiro atoms. The largest absolute Gasteiger partial charge is 0.272 e. The van der Waals surface area contributed by atoms with Crippen molar-refractivity contribution in [2.75, 3.05) is 4.90 Å². The fraction of sp³-hybridized carbons (Fsp3) is 0.0833. The van der Waals surface area contributed by atoms with E-state index < -0.39 is 17.6 Å². The van der Waals surface area contributed by atoms with E-state index in [0.29, 0.717) is 16.0 Å². The highest BCUT2D eigenvalue weighted by Gasteiger charge is 2.40. The molecule has 0 saturated carbocycles. The molecule has 1 aliphatic heterocycles. The third-order valence-electron chi connectivity index (χ3n) is 4.96. The van der Waals surface area contributed by atoms with Crippen molar-refractivity contribution in [2.45, 2.75) is 18.7 Å². The first-order chi connectivity index (χ1) is 14.4. The maximum atomic E-state index is 13.6. The summed E-state index contributed by atoms with van der Waals surface area (Å²) in [6.07, 6.45) is 0. The molecule has 150 valence electrons. The average Bonchev–Trinajstić information content (AvgIpc) is 2.97. The Morgan fingerprint density at radius 3 is 2.27 bits per heavy atom. The first kappa shape index (κ1) is 20.4. The van der Waals surface area contributed by atoms with Gasteiger partial charge >= 0.3 is 0 Å². The van der Waals surface area contributed by atoms with Gasteiger partial charge in [0.1, 0.15) is 5.82 Å². The normalized spacial score (nSPS) is 14.1. The monoisotopic (exact) mass is 437 g/mol. The zero-order valence-electron chi connectivity index (χ0n) is 16.3. The smallest absolute Gasteiger partial charge is 0.268 e. The molecule has 0 aromatic heterocycles. The Balaban J connectivity index is 1.85. The van der Waals surface area contributed by atoms with Crippen molar-refractivity contribution in [3.8, 4) is 0 Å². The number of imide groups is 1. The molecule has 0 saturated heterocycles. The van der Waals surface area contributed by atoms with Crippen LogP contribution in [-0.2, 0) is 9.59 Å². The Labute approximate surface area is 183 Å². The van der Waals surface area contributed by atoms with Crippen molar-refractivity contribution in [1.82, 2.24) is 0 Å². The minimum atomic E-state index is -0.610. The molecule has 3 aromatic carbocycles. The highest BCUT2D eigenvalue weighted by Crippen LogP contribution is 2.42. The molecule has 30 heavy (non-hydrogen) atoms. The van der Waals surface area contributed by atoms with Crippen LogP contribution in [0.25, 0.3) is 5.57 Å². The number of aryl methyl sites for hydroxylation is 2. The predicted molar refractivity (Wildman–Crippen MR) is 119 cm³/mol. The summed E-state index contributed by atoms with van der Waals surface area (Å²) in [5.41, 5.74) is 3.35. The summed E-state index contributed by atoms with van der Waals surface area (Å²) < 4.78 is 13.6. The van der Waals surface area contributed by atoms with Crippen molar-refractivity contribution in [2.24, 2.45) is 0 Å². The maximum absolute atomic E-state index is 13.6. The number of amides is 2. The third kappa shape index (κ3) is 3.66. The van der Waals surface area contributed by atoms with Crippen LogP contribution in [0.2, 0.25) is 5.02 Å². The van der Waals surface area contributed by atoms with Crippen LogP contribution in [0, 0.1) is 19.7 Å². The van der Waals surface area contributed by atoms with E-state index in [4.69, 9.17) is 11.6 Å². The number of anilines is 1. The minimum absolute atomic E-state index is 0.148. The highest BCUT2D eigenvalue weighted by atomic mass is 35.5. The van der Waals surface area contributed by atoms with E-state index in [-0.39, 0.29) is 10.7 Å². The van der Waals surface area contributed by atoms with Gasteiger partial charge in [0.2, 0.25) is 0 Å². The summed E-state index contributed by atoms with van der Waals surface area (Å²) in [7, 11) is 0. The lowest BCUT2D eigenvalue weighted by Gasteiger charge is -2.16. The first-order valence-electron chi connectivity index (χ1n) is 9.25. The average molecular weight is 438 g/mol. The molecule has 3 aromatic rings. The topological polar surface area (TPSA) is 37.4 Å². The lowest BCUT2D eigenvalue weighted by Crippen LogP contribution is -2.31. The Morgan fingerprint density at radius 2 is 1.60 bits per heavy atom. The van der Waals surface area contributed by atoms with Gasteiger partial charge in [-0.05, 0) is 60.9 Å². The summed E-state index contributed by atoms with van der Waals surface area (Å²) in [5.74, 6) is -1.52. The molecular weight excluding hydrogens is 421 g/mol. The van der Waals surface area contributed by atoms with Crippen LogP contribution >= 0.6 is 23.4 Å². The number of hydrogen-bond acceptors (Lipinski definition) is 3. The van der Waals surface area contributed by atoms with Crippen molar-refractivity contribution in [1.29, 1.82) is 0 Å². The van der Waals surface area contributed by atoms with E-state index in [1.807, 2.05) is 62.4 Å². The van der Waals surface area contributed by atoms with Crippen LogP contribution < -0.4 is 4.90 Å². The Hall–Kier alpha value is -2.89. The van der Waals surface area contributed by atoms with Gasteiger partial charge in [-0.2, -0.15) is 0 Å². The van der Waals surface area contributed by atoms with Crippen molar-refractivity contribution in [3.05, 3.63) is 99.2 Å². The van der Waals surface area contributed by atoms with Crippen LogP contribution in [-0.4, -0.2) is 11.8 Å². The van der Waals surface area contributed by atoms with Crippen molar-refractivity contribution < 1.29 is 14.0 Å². The second kappa shape index (κ2) is 8.09. The van der Waals surface area contributed by atoms with Gasteiger partial charge in [0.15, 0.2) is 0 Å². The highest BCUT2D eigenvalue weighted by molar-refractivity contribution is 8.04. The van der Waals surface area contributed by atoms with Crippen molar-refractivity contribution in [3.63, 3.8) is 0 Å². The Morgan fingerprint density at radius 1 is 0.867 bits per heavy atom. The van der Waals surface area contributed by atoms with Crippen LogP contribution in [0.5, 0.6) is 0 Å². The molecule has 6 heteroatoms. The third-order valence-corrected chi connectivity index (χ3v) is 6.34. The fourth-order valence-electron chi connectivity index (χ4n) is 3.22. The second-order valence-corrected chi connectivity index (χ2v) is 8.45. The number of halogens is 2. The molecule has 0 fully saturated rings. The predicted octanol–water partition coefficient (Wildman–Crippen LogP) is 6.17. The molecular formula is C24H17ClFNO2S. The zero-order valence-corrected chi connectivity index (χ0v) is 17.9. The molecule has 0 unspecified atom stereocenters. The van der Waals surface area contributed by atoms with Gasteiger partial charge in [-0.25, -0.2) is 9.29 Å². The minimum Gasteiger partial charge on any atom is -0.268 e. The zero-order chi connectivity index (χ0) is 21.4. The quantitative estimate of drug-likeness (QED) is 0.458. The molecule has 0 radical (unpaired) electrons. The molecule has 4 rings (SSSR count). The molecule has 1 aliphatic rings.